The maximum Gasteiger partial charge on any atom is 0.416 e. The minimum Gasteiger partial charge on any atom is -0.351 e. The Morgan fingerprint density at radius 1 is 0.931 bits per heavy atom. The van der Waals surface area contributed by atoms with Crippen molar-refractivity contribution in [3.63, 3.8) is 0 Å². The summed E-state index contributed by atoms with van der Waals surface area (Å²) in [7, 11) is 0. The third kappa shape index (κ3) is 5.59. The van der Waals surface area contributed by atoms with Crippen molar-refractivity contribution < 1.29 is 22.8 Å². The third-order valence-electron chi connectivity index (χ3n) is 5.07. The van der Waals surface area contributed by atoms with Gasteiger partial charge in [0.05, 0.1) is 5.56 Å². The molecule has 0 saturated heterocycles. The summed E-state index contributed by atoms with van der Waals surface area (Å²) in [5.41, 5.74) is -0.486. The molecule has 0 radical (unpaired) electrons. The molecule has 4 nitrogen and oxygen atoms in total. The second kappa shape index (κ2) is 9.11. The van der Waals surface area contributed by atoms with Crippen LogP contribution < -0.4 is 10.6 Å². The molecule has 2 amide bonds. The highest BCUT2D eigenvalue weighted by atomic mass is 19.4. The summed E-state index contributed by atoms with van der Waals surface area (Å²) in [6, 6.07) is 11.9. The van der Waals surface area contributed by atoms with Crippen molar-refractivity contribution in [3.05, 3.63) is 71.3 Å². The molecule has 2 aromatic carbocycles. The van der Waals surface area contributed by atoms with E-state index in [1.807, 2.05) is 0 Å². The van der Waals surface area contributed by atoms with Crippen LogP contribution in [0.15, 0.2) is 54.6 Å². The molecule has 1 fully saturated rings. The van der Waals surface area contributed by atoms with Gasteiger partial charge in [-0.2, -0.15) is 13.2 Å². The molecule has 0 aliphatic heterocycles. The van der Waals surface area contributed by atoms with Crippen molar-refractivity contribution in [2.24, 2.45) is 0 Å². The highest BCUT2D eigenvalue weighted by Crippen LogP contribution is 2.29. The van der Waals surface area contributed by atoms with Gasteiger partial charge in [-0.25, -0.2) is 0 Å². The molecular formula is C22H23F3N2O2. The average Bonchev–Trinajstić information content (AvgIpc) is 2.72. The molecule has 2 aromatic rings. The van der Waals surface area contributed by atoms with Crippen LogP contribution in [0, 0.1) is 0 Å². The molecule has 29 heavy (non-hydrogen) atoms. The first kappa shape index (κ1) is 20.9. The third-order valence-corrected chi connectivity index (χ3v) is 5.07. The average molecular weight is 404 g/mol. The first-order chi connectivity index (χ1) is 13.8. The first-order valence-electron chi connectivity index (χ1n) is 9.68. The number of benzene rings is 2. The van der Waals surface area contributed by atoms with Crippen LogP contribution in [0.2, 0.25) is 0 Å². The predicted molar refractivity (Wildman–Crippen MR) is 103 cm³/mol. The van der Waals surface area contributed by atoms with E-state index in [-0.39, 0.29) is 17.5 Å². The molecule has 1 atom stereocenters. The second-order valence-electron chi connectivity index (χ2n) is 7.24. The molecule has 0 spiro atoms. The van der Waals surface area contributed by atoms with Gasteiger partial charge >= 0.3 is 6.18 Å². The molecule has 1 aliphatic rings. The maximum absolute atomic E-state index is 13.0. The van der Waals surface area contributed by atoms with Crippen LogP contribution in [-0.4, -0.2) is 17.9 Å². The molecule has 1 unspecified atom stereocenters. The SMILES string of the molecule is O=C(NC(C(=O)NC1CCCCC1)c1ccccc1)c1cccc(C(F)(F)F)c1. The fourth-order valence-electron chi connectivity index (χ4n) is 3.53. The van der Waals surface area contributed by atoms with Crippen LogP contribution in [-0.2, 0) is 11.0 Å². The van der Waals surface area contributed by atoms with Crippen molar-refractivity contribution in [2.45, 2.75) is 50.4 Å². The smallest absolute Gasteiger partial charge is 0.351 e. The monoisotopic (exact) mass is 404 g/mol. The summed E-state index contributed by atoms with van der Waals surface area (Å²) in [6.45, 7) is 0. The van der Waals surface area contributed by atoms with Crippen molar-refractivity contribution in [3.8, 4) is 0 Å². The fraction of sp³-hybridized carbons (Fsp3) is 0.364. The summed E-state index contributed by atoms with van der Waals surface area (Å²) in [6.07, 6.45) is 0.437. The summed E-state index contributed by atoms with van der Waals surface area (Å²) in [5, 5.41) is 5.58. The Hall–Kier alpha value is -2.83. The minimum atomic E-state index is -4.55. The summed E-state index contributed by atoms with van der Waals surface area (Å²) >= 11 is 0. The van der Waals surface area contributed by atoms with Gasteiger partial charge in [-0.15, -0.1) is 0 Å². The normalized spacial score (nSPS) is 16.1. The maximum atomic E-state index is 13.0. The highest BCUT2D eigenvalue weighted by molar-refractivity contribution is 5.98. The zero-order chi connectivity index (χ0) is 20.9. The van der Waals surface area contributed by atoms with E-state index in [9.17, 15) is 22.8 Å². The van der Waals surface area contributed by atoms with E-state index in [1.54, 1.807) is 30.3 Å². The topological polar surface area (TPSA) is 58.2 Å². The van der Waals surface area contributed by atoms with Gasteiger partial charge in [0.2, 0.25) is 5.91 Å². The molecule has 0 aromatic heterocycles. The molecule has 7 heteroatoms. The number of hydrogen-bond acceptors (Lipinski definition) is 2. The van der Waals surface area contributed by atoms with Gasteiger partial charge in [0.15, 0.2) is 0 Å². The molecular weight excluding hydrogens is 381 g/mol. The zero-order valence-corrected chi connectivity index (χ0v) is 15.8. The van der Waals surface area contributed by atoms with Crippen LogP contribution in [0.4, 0.5) is 13.2 Å². The molecule has 3 rings (SSSR count). The van der Waals surface area contributed by atoms with Crippen LogP contribution in [0.3, 0.4) is 0 Å². The Morgan fingerprint density at radius 3 is 2.28 bits per heavy atom. The van der Waals surface area contributed by atoms with Gasteiger partial charge in [0, 0.05) is 11.6 Å². The standard InChI is InChI=1S/C22H23F3N2O2/c23-22(24,25)17-11-7-10-16(14-17)20(28)27-19(15-8-3-1-4-9-15)21(29)26-18-12-5-2-6-13-18/h1,3-4,7-11,14,18-19H,2,5-6,12-13H2,(H,26,29)(H,27,28). The van der Waals surface area contributed by atoms with E-state index in [0.29, 0.717) is 5.56 Å². The van der Waals surface area contributed by atoms with E-state index >= 15 is 0 Å². The quantitative estimate of drug-likeness (QED) is 0.764. The summed E-state index contributed by atoms with van der Waals surface area (Å²) < 4.78 is 38.9. The van der Waals surface area contributed by atoms with Gasteiger partial charge in [0.25, 0.3) is 5.91 Å². The minimum absolute atomic E-state index is 0.0490. The number of rotatable bonds is 5. The molecule has 1 saturated carbocycles. The van der Waals surface area contributed by atoms with Crippen molar-refractivity contribution in [2.75, 3.05) is 0 Å². The van der Waals surface area contributed by atoms with Crippen molar-refractivity contribution >= 4 is 11.8 Å². The zero-order valence-electron chi connectivity index (χ0n) is 15.8. The highest BCUT2D eigenvalue weighted by Gasteiger charge is 2.31. The lowest BCUT2D eigenvalue weighted by atomic mass is 9.95. The lowest BCUT2D eigenvalue weighted by molar-refractivity contribution is -0.137. The number of carbonyl (C=O) groups excluding carboxylic acids is 2. The Bertz CT molecular complexity index is 847. The number of halogens is 3. The van der Waals surface area contributed by atoms with E-state index in [0.717, 1.165) is 44.2 Å². The van der Waals surface area contributed by atoms with Crippen LogP contribution in [0.25, 0.3) is 0 Å². The van der Waals surface area contributed by atoms with Crippen LogP contribution >= 0.6 is 0 Å². The van der Waals surface area contributed by atoms with E-state index in [1.165, 1.54) is 12.1 Å². The van der Waals surface area contributed by atoms with E-state index in [4.69, 9.17) is 0 Å². The Labute approximate surface area is 167 Å². The number of alkyl halides is 3. The molecule has 1 aliphatic carbocycles. The number of amides is 2. The second-order valence-corrected chi connectivity index (χ2v) is 7.24. The Morgan fingerprint density at radius 2 is 1.62 bits per heavy atom. The summed E-state index contributed by atoms with van der Waals surface area (Å²) in [4.78, 5) is 25.5. The number of nitrogens with one attached hydrogen (secondary N) is 2. The molecule has 154 valence electrons. The van der Waals surface area contributed by atoms with E-state index in [2.05, 4.69) is 10.6 Å². The predicted octanol–water partition coefficient (Wildman–Crippen LogP) is 4.63. The largest absolute Gasteiger partial charge is 0.416 e. The fourth-order valence-corrected chi connectivity index (χ4v) is 3.53. The van der Waals surface area contributed by atoms with Crippen LogP contribution in [0.5, 0.6) is 0 Å². The van der Waals surface area contributed by atoms with Gasteiger partial charge in [-0.1, -0.05) is 55.7 Å². The van der Waals surface area contributed by atoms with Gasteiger partial charge in [-0.05, 0) is 36.6 Å². The van der Waals surface area contributed by atoms with Gasteiger partial charge in [0.1, 0.15) is 6.04 Å². The first-order valence-corrected chi connectivity index (χ1v) is 9.68. The molecule has 0 bridgehead atoms. The Kier molecular flexibility index (Phi) is 6.56. The molecule has 0 heterocycles. The lowest BCUT2D eigenvalue weighted by Gasteiger charge is -2.26. The number of hydrogen-bond donors (Lipinski definition) is 2. The van der Waals surface area contributed by atoms with Crippen molar-refractivity contribution in [1.29, 1.82) is 0 Å². The van der Waals surface area contributed by atoms with E-state index < -0.39 is 23.7 Å². The lowest BCUT2D eigenvalue weighted by Crippen LogP contribution is -2.45. The Balaban J connectivity index is 1.79. The number of carbonyl (C=O) groups is 2. The van der Waals surface area contributed by atoms with Gasteiger partial charge < -0.3 is 10.6 Å². The van der Waals surface area contributed by atoms with Crippen LogP contribution in [0.1, 0.15) is 59.6 Å². The molecule has 2 N–H and O–H groups in total. The van der Waals surface area contributed by atoms with Gasteiger partial charge in [-0.3, -0.25) is 9.59 Å². The van der Waals surface area contributed by atoms with Crippen molar-refractivity contribution in [1.82, 2.24) is 10.6 Å². The summed E-state index contributed by atoms with van der Waals surface area (Å²) in [5.74, 6) is -1.09.